The van der Waals surface area contributed by atoms with Gasteiger partial charge in [0.15, 0.2) is 17.5 Å². The second kappa shape index (κ2) is 14.9. The Morgan fingerprint density at radius 1 is 0.371 bits per heavy atom. The Kier molecular flexibility index (Phi) is 7.46. The van der Waals surface area contributed by atoms with Crippen molar-refractivity contribution in [2.24, 2.45) is 0 Å². The monoisotopic (exact) mass is 813 g/mol. The SMILES string of the molecule is [2H]c1c([2H])c([2H])c(-c2nc(-c3ccccc3-c3ccccc3)nc(-c3cc(-n4c5ccccc5c5ccccc54)cc4c3sc3cc(-c5ccc(-c6ccccc6)cc5)ccc34)n2)c([2H])c1[2H]. The Morgan fingerprint density at radius 3 is 1.60 bits per heavy atom. The van der Waals surface area contributed by atoms with Crippen molar-refractivity contribution in [2.45, 2.75) is 0 Å². The van der Waals surface area contributed by atoms with Crippen molar-refractivity contribution in [3.8, 4) is 73.2 Å². The fourth-order valence-electron chi connectivity index (χ4n) is 8.66. The van der Waals surface area contributed by atoms with Crippen LogP contribution in [0.25, 0.3) is 115 Å². The van der Waals surface area contributed by atoms with Crippen LogP contribution in [-0.2, 0) is 0 Å². The number of rotatable bonds is 7. The molecule has 290 valence electrons. The van der Waals surface area contributed by atoms with Crippen LogP contribution in [0, 0.1) is 0 Å². The molecule has 0 saturated carbocycles. The molecule has 9 aromatic carbocycles. The summed E-state index contributed by atoms with van der Waals surface area (Å²) in [7, 11) is 0. The van der Waals surface area contributed by atoms with Crippen LogP contribution in [0.15, 0.2) is 218 Å². The minimum absolute atomic E-state index is 0.0161. The molecule has 0 fully saturated rings. The number of fused-ring (bicyclic) bond motifs is 6. The third kappa shape index (κ3) is 6.18. The molecule has 4 nitrogen and oxygen atoms in total. The average Bonchev–Trinajstić information content (AvgIpc) is 3.93. The molecule has 0 aliphatic rings. The Labute approximate surface area is 369 Å². The second-order valence-corrected chi connectivity index (χ2v) is 16.3. The van der Waals surface area contributed by atoms with Gasteiger partial charge in [-0.05, 0) is 63.7 Å². The van der Waals surface area contributed by atoms with Crippen LogP contribution in [0.2, 0.25) is 0 Å². The lowest BCUT2D eigenvalue weighted by Gasteiger charge is -2.14. The molecule has 0 aliphatic carbocycles. The predicted octanol–water partition coefficient (Wildman–Crippen LogP) is 15.3. The van der Waals surface area contributed by atoms with Gasteiger partial charge in [0.1, 0.15) is 0 Å². The molecule has 0 aliphatic heterocycles. The summed E-state index contributed by atoms with van der Waals surface area (Å²) < 4.78 is 48.1. The van der Waals surface area contributed by atoms with Crippen LogP contribution < -0.4 is 0 Å². The number of nitrogens with zero attached hydrogens (tertiary/aromatic N) is 4. The van der Waals surface area contributed by atoms with Gasteiger partial charge < -0.3 is 4.57 Å². The first kappa shape index (κ1) is 31.0. The van der Waals surface area contributed by atoms with Gasteiger partial charge in [-0.25, -0.2) is 15.0 Å². The number of hydrogen-bond acceptors (Lipinski definition) is 4. The third-order valence-corrected chi connectivity index (χ3v) is 12.8. The lowest BCUT2D eigenvalue weighted by molar-refractivity contribution is 1.07. The molecular formula is C57H36N4S. The van der Waals surface area contributed by atoms with Gasteiger partial charge in [-0.2, -0.15) is 0 Å². The van der Waals surface area contributed by atoms with Crippen molar-refractivity contribution in [2.75, 3.05) is 0 Å². The van der Waals surface area contributed by atoms with E-state index in [4.69, 9.17) is 21.8 Å². The van der Waals surface area contributed by atoms with E-state index in [2.05, 4.69) is 132 Å². The van der Waals surface area contributed by atoms with Crippen molar-refractivity contribution in [1.29, 1.82) is 0 Å². The normalized spacial score (nSPS) is 12.7. The van der Waals surface area contributed by atoms with Crippen LogP contribution in [-0.4, -0.2) is 19.5 Å². The van der Waals surface area contributed by atoms with E-state index < -0.39 is 18.1 Å². The van der Waals surface area contributed by atoms with E-state index in [0.717, 1.165) is 81.0 Å². The zero-order valence-corrected chi connectivity index (χ0v) is 33.9. The number of thiophene rings is 1. The van der Waals surface area contributed by atoms with Crippen molar-refractivity contribution in [3.63, 3.8) is 0 Å². The Hall–Kier alpha value is -7.99. The summed E-state index contributed by atoms with van der Waals surface area (Å²) in [6.07, 6.45) is 0. The van der Waals surface area contributed by atoms with Crippen molar-refractivity contribution in [3.05, 3.63) is 218 Å². The van der Waals surface area contributed by atoms with Crippen LogP contribution in [0.3, 0.4) is 0 Å². The molecule has 0 bridgehead atoms. The molecule has 0 saturated heterocycles. The van der Waals surface area contributed by atoms with E-state index in [9.17, 15) is 0 Å². The lowest BCUT2D eigenvalue weighted by Crippen LogP contribution is -2.02. The summed E-state index contributed by atoms with van der Waals surface area (Å²) in [6.45, 7) is 0. The Bertz CT molecular complexity index is 3840. The van der Waals surface area contributed by atoms with Gasteiger partial charge in [-0.1, -0.05) is 188 Å². The first-order chi connectivity index (χ1) is 32.8. The van der Waals surface area contributed by atoms with E-state index in [1.807, 2.05) is 60.7 Å². The molecule has 0 atom stereocenters. The highest BCUT2D eigenvalue weighted by Gasteiger charge is 2.22. The molecule has 0 radical (unpaired) electrons. The largest absolute Gasteiger partial charge is 0.309 e. The first-order valence-electron chi connectivity index (χ1n) is 22.9. The van der Waals surface area contributed by atoms with E-state index in [1.54, 1.807) is 11.3 Å². The molecule has 3 aromatic heterocycles. The highest BCUT2D eigenvalue weighted by Crippen LogP contribution is 2.44. The second-order valence-electron chi connectivity index (χ2n) is 15.2. The molecule has 5 heteroatoms. The van der Waals surface area contributed by atoms with Gasteiger partial charge in [0, 0.05) is 53.3 Å². The molecule has 0 spiro atoms. The van der Waals surface area contributed by atoms with E-state index in [-0.39, 0.29) is 23.5 Å². The van der Waals surface area contributed by atoms with Crippen molar-refractivity contribution < 1.29 is 6.85 Å². The maximum absolute atomic E-state index is 9.06. The summed E-state index contributed by atoms with van der Waals surface area (Å²) in [5.41, 5.74) is 10.7. The summed E-state index contributed by atoms with van der Waals surface area (Å²) in [5, 5.41) is 4.34. The van der Waals surface area contributed by atoms with Gasteiger partial charge in [0.25, 0.3) is 0 Å². The summed E-state index contributed by atoms with van der Waals surface area (Å²) in [6, 6.07) is 62.5. The minimum Gasteiger partial charge on any atom is -0.309 e. The molecule has 0 unspecified atom stereocenters. The van der Waals surface area contributed by atoms with Crippen LogP contribution in [0.5, 0.6) is 0 Å². The number of para-hydroxylation sites is 2. The fourth-order valence-corrected chi connectivity index (χ4v) is 9.89. The van der Waals surface area contributed by atoms with Crippen LogP contribution in [0.4, 0.5) is 0 Å². The Morgan fingerprint density at radius 2 is 0.903 bits per heavy atom. The minimum atomic E-state index is -0.486. The number of hydrogen-bond donors (Lipinski definition) is 0. The van der Waals surface area contributed by atoms with Gasteiger partial charge in [-0.3, -0.25) is 0 Å². The van der Waals surface area contributed by atoms with Crippen molar-refractivity contribution in [1.82, 2.24) is 19.5 Å². The van der Waals surface area contributed by atoms with E-state index >= 15 is 0 Å². The third-order valence-electron chi connectivity index (χ3n) is 11.6. The number of benzene rings is 9. The zero-order valence-electron chi connectivity index (χ0n) is 38.1. The summed E-state index contributed by atoms with van der Waals surface area (Å²) in [4.78, 5) is 15.4. The van der Waals surface area contributed by atoms with Crippen LogP contribution >= 0.6 is 11.3 Å². The van der Waals surface area contributed by atoms with Crippen molar-refractivity contribution >= 4 is 53.3 Å². The molecule has 0 amide bonds. The maximum atomic E-state index is 9.06. The maximum Gasteiger partial charge on any atom is 0.165 e. The van der Waals surface area contributed by atoms with Gasteiger partial charge in [-0.15, -0.1) is 11.3 Å². The molecule has 62 heavy (non-hydrogen) atoms. The van der Waals surface area contributed by atoms with Crippen LogP contribution in [0.1, 0.15) is 6.85 Å². The highest BCUT2D eigenvalue weighted by molar-refractivity contribution is 7.26. The highest BCUT2D eigenvalue weighted by atomic mass is 32.1. The van der Waals surface area contributed by atoms with Gasteiger partial charge >= 0.3 is 0 Å². The topological polar surface area (TPSA) is 43.6 Å². The zero-order chi connectivity index (χ0) is 45.3. The fraction of sp³-hybridized carbons (Fsp3) is 0. The lowest BCUT2D eigenvalue weighted by atomic mass is 9.99. The molecule has 12 aromatic rings. The molecule has 3 heterocycles. The smallest absolute Gasteiger partial charge is 0.165 e. The number of aromatic nitrogens is 4. The van der Waals surface area contributed by atoms with Gasteiger partial charge in [0.05, 0.1) is 17.9 Å². The molecule has 12 rings (SSSR count). The summed E-state index contributed by atoms with van der Waals surface area (Å²) in [5.74, 6) is 0.604. The summed E-state index contributed by atoms with van der Waals surface area (Å²) >= 11 is 1.65. The van der Waals surface area contributed by atoms with Gasteiger partial charge in [0.2, 0.25) is 0 Å². The van der Waals surface area contributed by atoms with E-state index in [0.29, 0.717) is 17.2 Å². The predicted molar refractivity (Wildman–Crippen MR) is 260 cm³/mol. The first-order valence-corrected chi connectivity index (χ1v) is 21.3. The Balaban J connectivity index is 1.14. The van der Waals surface area contributed by atoms with E-state index in [1.165, 1.54) is 5.56 Å². The molecule has 0 N–H and O–H groups in total. The standard InChI is InChI=1S/C57H36N4S/c1-4-16-37(17-5-1)38-28-30-39(31-29-38)42-32-33-47-49-35-43(61-51-26-14-12-23-45(51)46-24-13-15-27-52(46)61)36-50(54(49)62-53(47)34-42)57-59-55(41-20-8-3-9-21-41)58-56(60-57)48-25-11-10-22-44(48)40-18-6-2-7-19-40/h1-36H/i3D,8D,9D,20D,21D. The average molecular weight is 814 g/mol. The quantitative estimate of drug-likeness (QED) is 0.161. The molecular weight excluding hydrogens is 773 g/mol.